The maximum atomic E-state index is 12.2. The van der Waals surface area contributed by atoms with Crippen LogP contribution in [-0.4, -0.2) is 44.9 Å². The van der Waals surface area contributed by atoms with Gasteiger partial charge in [0.15, 0.2) is 0 Å². The second kappa shape index (κ2) is 10.1. The number of aliphatic carboxylic acids is 1. The lowest BCUT2D eigenvalue weighted by Crippen LogP contribution is -2.52. The molecule has 0 saturated heterocycles. The number of amides is 2. The third kappa shape index (κ3) is 6.15. The van der Waals surface area contributed by atoms with Crippen molar-refractivity contribution in [1.82, 2.24) is 20.6 Å². The Morgan fingerprint density at radius 1 is 0.929 bits per heavy atom. The van der Waals surface area contributed by atoms with Gasteiger partial charge in [-0.3, -0.25) is 19.6 Å². The summed E-state index contributed by atoms with van der Waals surface area (Å²) in [5.41, 5.74) is -0.850. The minimum absolute atomic E-state index is 0.173. The zero-order valence-electron chi connectivity index (χ0n) is 15.7. The highest BCUT2D eigenvalue weighted by molar-refractivity contribution is 5.96. The average Bonchev–Trinajstić information content (AvgIpc) is 2.71. The molecular formula is C20H24N4O4. The number of hydrogen-bond donors (Lipinski definition) is 3. The lowest BCUT2D eigenvalue weighted by molar-refractivity contribution is -0.144. The summed E-state index contributed by atoms with van der Waals surface area (Å²) in [5, 5.41) is 14.9. The van der Waals surface area contributed by atoms with Crippen LogP contribution in [-0.2, 0) is 4.79 Å². The Morgan fingerprint density at radius 3 is 2.07 bits per heavy atom. The van der Waals surface area contributed by atoms with Crippen LogP contribution in [0.4, 0.5) is 0 Å². The van der Waals surface area contributed by atoms with Crippen LogP contribution < -0.4 is 10.6 Å². The number of aromatic nitrogens is 2. The first kappa shape index (κ1) is 21.0. The van der Waals surface area contributed by atoms with E-state index in [0.29, 0.717) is 31.5 Å². The third-order valence-corrected chi connectivity index (χ3v) is 4.30. The normalized spacial score (nSPS) is 12.6. The molecule has 2 rings (SSSR count). The summed E-state index contributed by atoms with van der Waals surface area (Å²) in [7, 11) is 0. The second-order valence-corrected chi connectivity index (χ2v) is 6.59. The molecular weight excluding hydrogens is 360 g/mol. The lowest BCUT2D eigenvalue weighted by atomic mass is 9.94. The maximum Gasteiger partial charge on any atom is 0.329 e. The SMILES string of the molecule is C[C@](CCCCCNC(=O)c1ccccn1)(NC(=O)c1ccccn1)C(=O)O. The Labute approximate surface area is 163 Å². The van der Waals surface area contributed by atoms with Gasteiger partial charge in [-0.15, -0.1) is 0 Å². The van der Waals surface area contributed by atoms with Crippen molar-refractivity contribution in [3.8, 4) is 0 Å². The Bertz CT molecular complexity index is 798. The standard InChI is InChI=1S/C20H24N4O4/c1-20(19(27)28,24-18(26)16-10-4-8-13-22-16)11-5-2-6-14-23-17(25)15-9-3-7-12-21-15/h3-4,7-10,12-13H,2,5-6,11,14H2,1H3,(H,23,25)(H,24,26)(H,27,28)/t20-/m1/s1. The molecule has 148 valence electrons. The van der Waals surface area contributed by atoms with Crippen LogP contribution in [0.1, 0.15) is 53.6 Å². The molecule has 3 N–H and O–H groups in total. The number of nitrogens with one attached hydrogen (secondary N) is 2. The smallest absolute Gasteiger partial charge is 0.329 e. The zero-order chi connectivity index (χ0) is 20.4. The summed E-state index contributed by atoms with van der Waals surface area (Å²) < 4.78 is 0. The quantitative estimate of drug-likeness (QED) is 0.539. The second-order valence-electron chi connectivity index (χ2n) is 6.59. The number of hydrogen-bond acceptors (Lipinski definition) is 5. The number of carboxylic acids is 1. The number of rotatable bonds is 10. The van der Waals surface area contributed by atoms with E-state index >= 15 is 0 Å². The Balaban J connectivity index is 1.74. The predicted octanol–water partition coefficient (Wildman–Crippen LogP) is 2.04. The van der Waals surface area contributed by atoms with Crippen molar-refractivity contribution >= 4 is 17.8 Å². The van der Waals surface area contributed by atoms with Crippen LogP contribution in [0.25, 0.3) is 0 Å². The molecule has 0 radical (unpaired) electrons. The highest BCUT2D eigenvalue weighted by Gasteiger charge is 2.34. The van der Waals surface area contributed by atoms with Crippen LogP contribution >= 0.6 is 0 Å². The van der Waals surface area contributed by atoms with Crippen molar-refractivity contribution in [1.29, 1.82) is 0 Å². The van der Waals surface area contributed by atoms with E-state index < -0.39 is 17.4 Å². The van der Waals surface area contributed by atoms with E-state index in [1.807, 2.05) is 0 Å². The Kier molecular flexibility index (Phi) is 7.62. The first-order valence-electron chi connectivity index (χ1n) is 9.08. The monoisotopic (exact) mass is 384 g/mol. The maximum absolute atomic E-state index is 12.2. The zero-order valence-corrected chi connectivity index (χ0v) is 15.7. The van der Waals surface area contributed by atoms with Crippen LogP contribution in [0.15, 0.2) is 48.8 Å². The summed E-state index contributed by atoms with van der Waals surface area (Å²) in [5.74, 6) is -1.85. The number of carbonyl (C=O) groups excluding carboxylic acids is 2. The van der Waals surface area contributed by atoms with Crippen molar-refractivity contribution < 1.29 is 19.5 Å². The Hall–Kier alpha value is -3.29. The Morgan fingerprint density at radius 2 is 1.54 bits per heavy atom. The fourth-order valence-corrected chi connectivity index (χ4v) is 2.60. The number of nitrogens with zero attached hydrogens (tertiary/aromatic N) is 2. The number of carbonyl (C=O) groups is 3. The van der Waals surface area contributed by atoms with E-state index in [1.165, 1.54) is 19.2 Å². The fraction of sp³-hybridized carbons (Fsp3) is 0.350. The molecule has 0 aliphatic heterocycles. The molecule has 2 amide bonds. The molecule has 2 aromatic heterocycles. The minimum atomic E-state index is -1.38. The molecule has 0 spiro atoms. The van der Waals surface area contributed by atoms with Gasteiger partial charge in [0.25, 0.3) is 11.8 Å². The average molecular weight is 384 g/mol. The molecule has 1 atom stereocenters. The molecule has 8 nitrogen and oxygen atoms in total. The highest BCUT2D eigenvalue weighted by Crippen LogP contribution is 2.16. The summed E-state index contributed by atoms with van der Waals surface area (Å²) in [6.07, 6.45) is 5.31. The number of pyridine rings is 2. The topological polar surface area (TPSA) is 121 Å². The van der Waals surface area contributed by atoms with E-state index in [0.717, 1.165) is 0 Å². The van der Waals surface area contributed by atoms with Gasteiger partial charge in [-0.25, -0.2) is 4.79 Å². The van der Waals surface area contributed by atoms with Crippen LogP contribution in [0.2, 0.25) is 0 Å². The minimum Gasteiger partial charge on any atom is -0.480 e. The molecule has 0 unspecified atom stereocenters. The molecule has 0 aromatic carbocycles. The summed E-state index contributed by atoms with van der Waals surface area (Å²) in [6, 6.07) is 10.00. The summed E-state index contributed by atoms with van der Waals surface area (Å²) >= 11 is 0. The van der Waals surface area contributed by atoms with Gasteiger partial charge in [-0.1, -0.05) is 25.0 Å². The van der Waals surface area contributed by atoms with Crippen molar-refractivity contribution in [3.63, 3.8) is 0 Å². The van der Waals surface area contributed by atoms with Crippen molar-refractivity contribution in [2.45, 2.75) is 38.1 Å². The number of carboxylic acid groups (broad SMARTS) is 1. The number of unbranched alkanes of at least 4 members (excludes halogenated alkanes) is 2. The van der Waals surface area contributed by atoms with Gasteiger partial charge in [-0.2, -0.15) is 0 Å². The van der Waals surface area contributed by atoms with E-state index in [9.17, 15) is 19.5 Å². The van der Waals surface area contributed by atoms with E-state index in [-0.39, 0.29) is 18.0 Å². The van der Waals surface area contributed by atoms with Gasteiger partial charge in [0.05, 0.1) is 0 Å². The molecule has 0 fully saturated rings. The molecule has 2 aromatic rings. The van der Waals surface area contributed by atoms with E-state index in [2.05, 4.69) is 20.6 Å². The molecule has 0 bridgehead atoms. The van der Waals surface area contributed by atoms with Gasteiger partial charge < -0.3 is 15.7 Å². The molecule has 0 aliphatic carbocycles. The molecule has 0 aliphatic rings. The van der Waals surface area contributed by atoms with E-state index in [4.69, 9.17) is 0 Å². The predicted molar refractivity (Wildman–Crippen MR) is 103 cm³/mol. The van der Waals surface area contributed by atoms with Gasteiger partial charge in [0.1, 0.15) is 16.9 Å². The van der Waals surface area contributed by atoms with Crippen LogP contribution in [0.3, 0.4) is 0 Å². The fourth-order valence-electron chi connectivity index (χ4n) is 2.60. The van der Waals surface area contributed by atoms with Crippen molar-refractivity contribution in [2.75, 3.05) is 6.54 Å². The van der Waals surface area contributed by atoms with Gasteiger partial charge in [-0.05, 0) is 44.0 Å². The largest absolute Gasteiger partial charge is 0.480 e. The van der Waals surface area contributed by atoms with Crippen LogP contribution in [0, 0.1) is 0 Å². The van der Waals surface area contributed by atoms with Crippen molar-refractivity contribution in [3.05, 3.63) is 60.2 Å². The van der Waals surface area contributed by atoms with Gasteiger partial charge in [0, 0.05) is 18.9 Å². The molecule has 0 saturated carbocycles. The first-order chi connectivity index (χ1) is 13.4. The summed E-state index contributed by atoms with van der Waals surface area (Å²) in [4.78, 5) is 43.7. The third-order valence-electron chi connectivity index (χ3n) is 4.30. The molecule has 8 heteroatoms. The van der Waals surface area contributed by atoms with Gasteiger partial charge >= 0.3 is 5.97 Å². The first-order valence-corrected chi connectivity index (χ1v) is 9.08. The molecule has 2 heterocycles. The van der Waals surface area contributed by atoms with Crippen LogP contribution in [0.5, 0.6) is 0 Å². The van der Waals surface area contributed by atoms with E-state index in [1.54, 1.807) is 36.5 Å². The molecule has 28 heavy (non-hydrogen) atoms. The van der Waals surface area contributed by atoms with Crippen molar-refractivity contribution in [2.24, 2.45) is 0 Å². The highest BCUT2D eigenvalue weighted by atomic mass is 16.4. The summed E-state index contributed by atoms with van der Waals surface area (Å²) in [6.45, 7) is 1.96. The van der Waals surface area contributed by atoms with Gasteiger partial charge in [0.2, 0.25) is 0 Å². The lowest BCUT2D eigenvalue weighted by Gasteiger charge is -2.26.